The van der Waals surface area contributed by atoms with Crippen LogP contribution in [-0.2, 0) is 4.79 Å². The van der Waals surface area contributed by atoms with Crippen molar-refractivity contribution in [2.45, 2.75) is 51.2 Å². The van der Waals surface area contributed by atoms with Gasteiger partial charge in [0.15, 0.2) is 0 Å². The third-order valence-electron chi connectivity index (χ3n) is 3.13. The van der Waals surface area contributed by atoms with Crippen LogP contribution in [0.5, 0.6) is 0 Å². The number of rotatable bonds is 2. The lowest BCUT2D eigenvalue weighted by Gasteiger charge is -2.35. The van der Waals surface area contributed by atoms with Gasteiger partial charge in [0.2, 0.25) is 5.91 Å². The molecule has 1 aliphatic rings. The maximum Gasteiger partial charge on any atom is 0.230 e. The molecule has 4 nitrogen and oxygen atoms in total. The maximum atomic E-state index is 11.3. The average Bonchev–Trinajstić information content (AvgIpc) is 2.27. The molecule has 1 aliphatic heterocycles. The molecule has 1 saturated heterocycles. The Bertz CT molecular complexity index is 266. The first-order valence-electron chi connectivity index (χ1n) is 5.06. The first-order valence-corrected chi connectivity index (χ1v) is 6.18. The Morgan fingerprint density at radius 1 is 1.53 bits per heavy atom. The van der Waals surface area contributed by atoms with E-state index in [1.165, 1.54) is 5.06 Å². The molecule has 0 aromatic rings. The largest absolute Gasteiger partial charge is 0.351 e. The number of amides is 1. The fourth-order valence-electron chi connectivity index (χ4n) is 2.22. The Morgan fingerprint density at radius 3 is 2.40 bits per heavy atom. The number of hydrogen-bond donors (Lipinski definition) is 2. The van der Waals surface area contributed by atoms with Crippen molar-refractivity contribution in [3.8, 4) is 0 Å². The van der Waals surface area contributed by atoms with Crippen molar-refractivity contribution in [1.29, 1.82) is 0 Å². The molecule has 5 heteroatoms. The van der Waals surface area contributed by atoms with Gasteiger partial charge in [-0.15, -0.1) is 0 Å². The molecule has 0 saturated carbocycles. The highest BCUT2D eigenvalue weighted by atomic mass is 79.9. The Balaban J connectivity index is 2.80. The van der Waals surface area contributed by atoms with E-state index in [4.69, 9.17) is 0 Å². The SMILES string of the molecule is CC1(C)C[C@H](NC(=O)CBr)C(C)(C)N1O. The highest BCUT2D eigenvalue weighted by Crippen LogP contribution is 2.38. The van der Waals surface area contributed by atoms with E-state index in [-0.39, 0.29) is 17.5 Å². The van der Waals surface area contributed by atoms with Crippen LogP contribution in [0.25, 0.3) is 0 Å². The number of nitrogens with zero attached hydrogens (tertiary/aromatic N) is 1. The van der Waals surface area contributed by atoms with Crippen LogP contribution in [0.3, 0.4) is 0 Å². The Labute approximate surface area is 99.1 Å². The van der Waals surface area contributed by atoms with Gasteiger partial charge in [-0.05, 0) is 34.1 Å². The highest BCUT2D eigenvalue weighted by molar-refractivity contribution is 9.09. The van der Waals surface area contributed by atoms with Gasteiger partial charge in [0.25, 0.3) is 0 Å². The zero-order valence-electron chi connectivity index (χ0n) is 9.67. The van der Waals surface area contributed by atoms with Crippen LogP contribution in [0.4, 0.5) is 0 Å². The van der Waals surface area contributed by atoms with Gasteiger partial charge in [-0.3, -0.25) is 4.79 Å². The molecule has 0 aromatic heterocycles. The predicted octanol–water partition coefficient (Wildman–Crippen LogP) is 1.52. The van der Waals surface area contributed by atoms with E-state index >= 15 is 0 Å². The predicted molar refractivity (Wildman–Crippen MR) is 62.1 cm³/mol. The molecule has 1 fully saturated rings. The fourth-order valence-corrected chi connectivity index (χ4v) is 2.39. The number of carbonyl (C=O) groups excluding carboxylic acids is 1. The Hall–Kier alpha value is -0.130. The second-order valence-corrected chi connectivity index (χ2v) is 5.80. The quantitative estimate of drug-likeness (QED) is 0.753. The standard InChI is InChI=1S/C10H19BrN2O2/c1-9(2)5-7(12-8(14)6-11)10(3,4)13(9)15/h7,15H,5-6H2,1-4H3,(H,12,14)/t7-/m0/s1. The molecule has 1 amide bonds. The van der Waals surface area contributed by atoms with Crippen LogP contribution in [0.15, 0.2) is 0 Å². The Kier molecular flexibility index (Phi) is 3.48. The third kappa shape index (κ3) is 2.34. The minimum absolute atomic E-state index is 0.0254. The van der Waals surface area contributed by atoms with Gasteiger partial charge in [0.05, 0.1) is 16.9 Å². The molecule has 0 aliphatic carbocycles. The molecule has 2 N–H and O–H groups in total. The van der Waals surface area contributed by atoms with Crippen LogP contribution in [0, 0.1) is 0 Å². The summed E-state index contributed by atoms with van der Waals surface area (Å²) in [5, 5.41) is 14.6. The van der Waals surface area contributed by atoms with Gasteiger partial charge in [-0.2, -0.15) is 5.06 Å². The highest BCUT2D eigenvalue weighted by Gasteiger charge is 2.51. The van der Waals surface area contributed by atoms with E-state index in [2.05, 4.69) is 21.2 Å². The summed E-state index contributed by atoms with van der Waals surface area (Å²) in [4.78, 5) is 11.3. The van der Waals surface area contributed by atoms with E-state index in [0.717, 1.165) is 6.42 Å². The monoisotopic (exact) mass is 278 g/mol. The molecular formula is C10H19BrN2O2. The van der Waals surface area contributed by atoms with Crippen molar-refractivity contribution in [3.63, 3.8) is 0 Å². The molecule has 0 aromatic carbocycles. The summed E-state index contributed by atoms with van der Waals surface area (Å²) in [6.45, 7) is 7.80. The minimum Gasteiger partial charge on any atom is -0.351 e. The van der Waals surface area contributed by atoms with Gasteiger partial charge >= 0.3 is 0 Å². The van der Waals surface area contributed by atoms with Crippen molar-refractivity contribution >= 4 is 21.8 Å². The van der Waals surface area contributed by atoms with E-state index in [0.29, 0.717) is 5.33 Å². The summed E-state index contributed by atoms with van der Waals surface area (Å²) in [6.07, 6.45) is 0.745. The summed E-state index contributed by atoms with van der Waals surface area (Å²) in [6, 6.07) is -0.0254. The fraction of sp³-hybridized carbons (Fsp3) is 0.900. The molecule has 0 spiro atoms. The van der Waals surface area contributed by atoms with Gasteiger partial charge in [-0.25, -0.2) is 0 Å². The zero-order chi connectivity index (χ0) is 11.9. The van der Waals surface area contributed by atoms with E-state index in [9.17, 15) is 10.0 Å². The number of hydroxylamine groups is 2. The topological polar surface area (TPSA) is 52.6 Å². The lowest BCUT2D eigenvalue weighted by atomic mass is 9.94. The number of carbonyl (C=O) groups is 1. The van der Waals surface area contributed by atoms with E-state index in [1.807, 2.05) is 27.7 Å². The summed E-state index contributed by atoms with van der Waals surface area (Å²) < 4.78 is 0. The van der Waals surface area contributed by atoms with Crippen LogP contribution < -0.4 is 5.32 Å². The molecule has 1 atom stereocenters. The van der Waals surface area contributed by atoms with Crippen molar-refractivity contribution in [1.82, 2.24) is 10.4 Å². The van der Waals surface area contributed by atoms with Crippen LogP contribution in [0.1, 0.15) is 34.1 Å². The van der Waals surface area contributed by atoms with Crippen molar-refractivity contribution in [2.75, 3.05) is 5.33 Å². The lowest BCUT2D eigenvalue weighted by molar-refractivity contribution is -0.194. The third-order valence-corrected chi connectivity index (χ3v) is 3.64. The Morgan fingerprint density at radius 2 is 2.07 bits per heavy atom. The number of hydrogen-bond acceptors (Lipinski definition) is 3. The molecular weight excluding hydrogens is 260 g/mol. The molecule has 88 valence electrons. The number of alkyl halides is 1. The van der Waals surface area contributed by atoms with E-state index < -0.39 is 5.54 Å². The van der Waals surface area contributed by atoms with Crippen molar-refractivity contribution < 1.29 is 10.0 Å². The summed E-state index contributed by atoms with van der Waals surface area (Å²) in [5.74, 6) is -0.0424. The van der Waals surface area contributed by atoms with E-state index in [1.54, 1.807) is 0 Å². The second-order valence-electron chi connectivity index (χ2n) is 5.24. The first kappa shape index (κ1) is 12.9. The molecule has 1 rings (SSSR count). The molecule has 0 unspecified atom stereocenters. The smallest absolute Gasteiger partial charge is 0.230 e. The second kappa shape index (κ2) is 4.03. The normalized spacial score (nSPS) is 29.1. The van der Waals surface area contributed by atoms with Gasteiger partial charge in [0.1, 0.15) is 0 Å². The van der Waals surface area contributed by atoms with Crippen LogP contribution >= 0.6 is 15.9 Å². The summed E-state index contributed by atoms with van der Waals surface area (Å²) in [5.41, 5.74) is -0.727. The molecule has 15 heavy (non-hydrogen) atoms. The van der Waals surface area contributed by atoms with Crippen molar-refractivity contribution in [2.24, 2.45) is 0 Å². The lowest BCUT2D eigenvalue weighted by Crippen LogP contribution is -2.53. The molecule has 0 radical (unpaired) electrons. The van der Waals surface area contributed by atoms with Crippen LogP contribution in [-0.4, -0.2) is 38.6 Å². The molecule has 1 heterocycles. The minimum atomic E-state index is -0.429. The van der Waals surface area contributed by atoms with Gasteiger partial charge in [-0.1, -0.05) is 15.9 Å². The molecule has 0 bridgehead atoms. The summed E-state index contributed by atoms with van der Waals surface area (Å²) >= 11 is 3.12. The average molecular weight is 279 g/mol. The number of nitrogens with one attached hydrogen (secondary N) is 1. The summed E-state index contributed by atoms with van der Waals surface area (Å²) in [7, 11) is 0. The van der Waals surface area contributed by atoms with Gasteiger partial charge < -0.3 is 10.5 Å². The first-order chi connectivity index (χ1) is 6.71. The maximum absolute atomic E-state index is 11.3. The zero-order valence-corrected chi connectivity index (χ0v) is 11.3. The number of halogens is 1. The van der Waals surface area contributed by atoms with Crippen LogP contribution in [0.2, 0.25) is 0 Å². The van der Waals surface area contributed by atoms with Crippen molar-refractivity contribution in [3.05, 3.63) is 0 Å². The van der Waals surface area contributed by atoms with Gasteiger partial charge in [0, 0.05) is 5.54 Å².